The summed E-state index contributed by atoms with van der Waals surface area (Å²) in [5.74, 6) is 1.91. The first-order valence-electron chi connectivity index (χ1n) is 10.8. The van der Waals surface area contributed by atoms with E-state index in [1.807, 2.05) is 12.1 Å². The maximum Gasteiger partial charge on any atom is 0.233 e. The van der Waals surface area contributed by atoms with Gasteiger partial charge >= 0.3 is 0 Å². The minimum Gasteiger partial charge on any atom is -0.467 e. The number of allylic oxidation sites excluding steroid dienone is 2. The van der Waals surface area contributed by atoms with Crippen LogP contribution >= 0.6 is 24.0 Å². The Morgan fingerprint density at radius 2 is 1.84 bits per heavy atom. The van der Waals surface area contributed by atoms with Crippen LogP contribution in [0, 0.1) is 23.7 Å². The number of hydrogen-bond donors (Lipinski definition) is 2. The molecule has 2 bridgehead atoms. The fraction of sp³-hybridized carbons (Fsp3) is 0.591. The highest BCUT2D eigenvalue weighted by Gasteiger charge is 2.58. The van der Waals surface area contributed by atoms with Gasteiger partial charge in [-0.25, -0.2) is 0 Å². The van der Waals surface area contributed by atoms with Crippen LogP contribution in [-0.4, -0.2) is 56.0 Å². The highest BCUT2D eigenvalue weighted by molar-refractivity contribution is 14.0. The van der Waals surface area contributed by atoms with Gasteiger partial charge < -0.3 is 19.8 Å². The zero-order valence-electron chi connectivity index (χ0n) is 17.8. The molecule has 0 aromatic carbocycles. The van der Waals surface area contributed by atoms with Gasteiger partial charge in [0.05, 0.1) is 18.1 Å². The van der Waals surface area contributed by atoms with Gasteiger partial charge in [-0.3, -0.25) is 19.5 Å². The number of halogens is 1. The lowest BCUT2D eigenvalue weighted by molar-refractivity contribution is -0.140. The molecule has 31 heavy (non-hydrogen) atoms. The second-order valence-electron chi connectivity index (χ2n) is 8.09. The number of hydrogen-bond acceptors (Lipinski definition) is 5. The smallest absolute Gasteiger partial charge is 0.233 e. The van der Waals surface area contributed by atoms with Gasteiger partial charge in [-0.1, -0.05) is 12.2 Å². The average Bonchev–Trinajstić information content (AvgIpc) is 3.53. The minimum atomic E-state index is -0.107. The first kappa shape index (κ1) is 23.8. The third-order valence-electron chi connectivity index (χ3n) is 6.22. The number of ether oxygens (including phenoxy) is 1. The first-order valence-corrected chi connectivity index (χ1v) is 10.8. The predicted octanol–water partition coefficient (Wildman–Crippen LogP) is 2.17. The maximum absolute atomic E-state index is 12.7. The van der Waals surface area contributed by atoms with E-state index in [9.17, 15) is 9.59 Å². The van der Waals surface area contributed by atoms with Gasteiger partial charge in [-0.15, -0.1) is 24.0 Å². The van der Waals surface area contributed by atoms with Crippen LogP contribution in [0.1, 0.15) is 25.0 Å². The number of carbonyl (C=O) groups is 2. The Bertz CT molecular complexity index is 780. The van der Waals surface area contributed by atoms with Crippen molar-refractivity contribution in [3.8, 4) is 0 Å². The van der Waals surface area contributed by atoms with Crippen LogP contribution in [0.4, 0.5) is 0 Å². The third kappa shape index (κ3) is 5.31. The summed E-state index contributed by atoms with van der Waals surface area (Å²) in [7, 11) is 1.72. The summed E-state index contributed by atoms with van der Waals surface area (Å²) in [5.41, 5.74) is 0. The molecule has 3 aliphatic rings. The molecule has 1 saturated heterocycles. The number of aliphatic imine (C=N–C) groups is 1. The van der Waals surface area contributed by atoms with E-state index in [0.29, 0.717) is 38.7 Å². The largest absolute Gasteiger partial charge is 0.467 e. The minimum absolute atomic E-state index is 0. The highest BCUT2D eigenvalue weighted by atomic mass is 127. The van der Waals surface area contributed by atoms with Crippen LogP contribution in [0.5, 0.6) is 0 Å². The zero-order chi connectivity index (χ0) is 20.9. The van der Waals surface area contributed by atoms with E-state index >= 15 is 0 Å². The molecule has 2 heterocycles. The molecule has 2 fully saturated rings. The van der Waals surface area contributed by atoms with Gasteiger partial charge in [0.1, 0.15) is 12.4 Å². The molecule has 2 aliphatic carbocycles. The molecule has 2 N–H and O–H groups in total. The summed E-state index contributed by atoms with van der Waals surface area (Å²) >= 11 is 0. The van der Waals surface area contributed by atoms with E-state index in [-0.39, 0.29) is 59.5 Å². The molecule has 170 valence electrons. The topological polar surface area (TPSA) is 96.2 Å². The van der Waals surface area contributed by atoms with Gasteiger partial charge in [-0.2, -0.15) is 0 Å². The van der Waals surface area contributed by atoms with Gasteiger partial charge in [0.25, 0.3) is 0 Å². The lowest BCUT2D eigenvalue weighted by Crippen LogP contribution is -2.40. The number of carbonyl (C=O) groups excluding carboxylic acids is 2. The van der Waals surface area contributed by atoms with Crippen molar-refractivity contribution in [2.24, 2.45) is 28.7 Å². The molecule has 2 amide bonds. The maximum atomic E-state index is 12.7. The summed E-state index contributed by atoms with van der Waals surface area (Å²) in [6.07, 6.45) is 8.40. The average molecular weight is 542 g/mol. The summed E-state index contributed by atoms with van der Waals surface area (Å²) in [5, 5.41) is 6.48. The molecule has 9 heteroatoms. The van der Waals surface area contributed by atoms with Crippen LogP contribution in [-0.2, 0) is 20.9 Å². The molecule has 4 unspecified atom stereocenters. The van der Waals surface area contributed by atoms with Crippen molar-refractivity contribution in [2.45, 2.75) is 25.9 Å². The lowest BCUT2D eigenvalue weighted by atomic mass is 9.85. The van der Waals surface area contributed by atoms with E-state index in [1.54, 1.807) is 13.3 Å². The number of imide groups is 1. The van der Waals surface area contributed by atoms with Crippen molar-refractivity contribution < 1.29 is 18.7 Å². The van der Waals surface area contributed by atoms with Crippen LogP contribution in [0.2, 0.25) is 0 Å². The number of guanidine groups is 1. The number of rotatable bonds is 10. The fourth-order valence-corrected chi connectivity index (χ4v) is 4.80. The van der Waals surface area contributed by atoms with E-state index < -0.39 is 0 Å². The Balaban J connectivity index is 0.00000272. The molecule has 1 aromatic rings. The number of furan rings is 1. The Morgan fingerprint density at radius 3 is 2.45 bits per heavy atom. The van der Waals surface area contributed by atoms with Crippen molar-refractivity contribution in [1.82, 2.24) is 15.5 Å². The Labute approximate surface area is 199 Å². The SMILES string of the molecule is CN=C(NCCCOCc1ccco1)NCCCN1C(=O)C2C3C=CC(C3)C2C1=O.I. The summed E-state index contributed by atoms with van der Waals surface area (Å²) in [6, 6.07) is 3.74. The number of nitrogens with zero attached hydrogens (tertiary/aromatic N) is 2. The quantitative estimate of drug-likeness (QED) is 0.118. The standard InChI is InChI=1S/C22H30N4O4.HI/c1-23-22(25-9-4-11-29-14-17-5-2-12-30-17)24-8-3-10-26-20(27)18-15-6-7-16(13-15)19(18)21(26)28;/h2,5-7,12,15-16,18-19H,3-4,8-11,13-14H2,1H3,(H2,23,24,25);1H. The number of nitrogens with one attached hydrogen (secondary N) is 2. The van der Waals surface area contributed by atoms with Crippen molar-refractivity contribution in [3.05, 3.63) is 36.3 Å². The van der Waals surface area contributed by atoms with Crippen molar-refractivity contribution in [2.75, 3.05) is 33.3 Å². The fourth-order valence-electron chi connectivity index (χ4n) is 4.80. The number of likely N-dealkylation sites (tertiary alicyclic amines) is 1. The molecule has 1 aromatic heterocycles. The molecule has 0 radical (unpaired) electrons. The van der Waals surface area contributed by atoms with Crippen LogP contribution in [0.25, 0.3) is 0 Å². The summed E-state index contributed by atoms with van der Waals surface area (Å²) in [6.45, 7) is 2.96. The zero-order valence-corrected chi connectivity index (χ0v) is 20.1. The Morgan fingerprint density at radius 1 is 1.16 bits per heavy atom. The Hall–Kier alpha value is -1.88. The highest BCUT2D eigenvalue weighted by Crippen LogP contribution is 2.52. The van der Waals surface area contributed by atoms with Gasteiger partial charge in [0.2, 0.25) is 11.8 Å². The molecular formula is C22H31IN4O4. The van der Waals surface area contributed by atoms with E-state index in [1.165, 1.54) is 4.90 Å². The van der Waals surface area contributed by atoms with Crippen LogP contribution in [0.3, 0.4) is 0 Å². The predicted molar refractivity (Wildman–Crippen MR) is 127 cm³/mol. The van der Waals surface area contributed by atoms with Gasteiger partial charge in [0, 0.05) is 33.3 Å². The molecule has 8 nitrogen and oxygen atoms in total. The lowest BCUT2D eigenvalue weighted by Gasteiger charge is -2.18. The van der Waals surface area contributed by atoms with Crippen molar-refractivity contribution in [3.63, 3.8) is 0 Å². The van der Waals surface area contributed by atoms with Crippen molar-refractivity contribution >= 4 is 41.8 Å². The molecular weight excluding hydrogens is 511 g/mol. The second-order valence-corrected chi connectivity index (χ2v) is 8.09. The van der Waals surface area contributed by atoms with Crippen molar-refractivity contribution in [1.29, 1.82) is 0 Å². The number of amides is 2. The van der Waals surface area contributed by atoms with Crippen LogP contribution < -0.4 is 10.6 Å². The van der Waals surface area contributed by atoms with Gasteiger partial charge in [0.15, 0.2) is 5.96 Å². The molecule has 1 aliphatic heterocycles. The third-order valence-corrected chi connectivity index (χ3v) is 6.22. The monoisotopic (exact) mass is 542 g/mol. The van der Waals surface area contributed by atoms with Crippen LogP contribution in [0.15, 0.2) is 40.0 Å². The van der Waals surface area contributed by atoms with E-state index in [2.05, 4.69) is 27.8 Å². The molecule has 4 rings (SSSR count). The Kier molecular flexibility index (Phi) is 8.53. The molecule has 4 atom stereocenters. The van der Waals surface area contributed by atoms with E-state index in [0.717, 1.165) is 25.1 Å². The van der Waals surface area contributed by atoms with Gasteiger partial charge in [-0.05, 0) is 43.2 Å². The van der Waals surface area contributed by atoms with E-state index in [4.69, 9.17) is 9.15 Å². The first-order chi connectivity index (χ1) is 14.7. The second kappa shape index (κ2) is 11.1. The summed E-state index contributed by atoms with van der Waals surface area (Å²) < 4.78 is 10.8. The normalized spacial score (nSPS) is 26.4. The number of fused-ring (bicyclic) bond motifs is 5. The molecule has 0 spiro atoms. The molecule has 1 saturated carbocycles. The summed E-state index contributed by atoms with van der Waals surface area (Å²) in [4.78, 5) is 31.0.